The molecule has 2 bridgehead atoms. The standard InChI is InChI=1S/C41H39N5OS/c1-3-25-24-46-21-19-28(25)22-37(46)40(32-18-20-43-35-17-14-29(47-2)23-33(32)35)45-41(48)44-36-16-13-27-9-5-7-11-31(27)39(36)38-30-10-6-4-8-26(30)12-15-34(38)42/h3-18,20,23,25,28,37,40H,1,19,21-22,24,42H2,2H3,(H2,44,45,48)/t25-,28-,37-,40-/m0/s1. The Bertz CT molecular complexity index is 2200. The van der Waals surface area contributed by atoms with Gasteiger partial charge in [0.05, 0.1) is 18.7 Å². The van der Waals surface area contributed by atoms with E-state index in [2.05, 4.69) is 107 Å². The highest BCUT2D eigenvalue weighted by Crippen LogP contribution is 2.44. The molecule has 3 aliphatic rings. The first-order valence-corrected chi connectivity index (χ1v) is 17.1. The average molecular weight is 650 g/mol. The smallest absolute Gasteiger partial charge is 0.171 e. The molecule has 0 amide bonds. The van der Waals surface area contributed by atoms with Gasteiger partial charge in [0, 0.05) is 46.7 Å². The topological polar surface area (TPSA) is 75.4 Å². The molecular formula is C41H39N5OS. The quantitative estimate of drug-likeness (QED) is 0.0907. The third-order valence-corrected chi connectivity index (χ3v) is 10.8. The first-order valence-electron chi connectivity index (χ1n) is 16.7. The molecular weight excluding hydrogens is 611 g/mol. The largest absolute Gasteiger partial charge is 0.497 e. The van der Waals surface area contributed by atoms with Crippen LogP contribution in [-0.2, 0) is 0 Å². The summed E-state index contributed by atoms with van der Waals surface area (Å²) in [5.74, 6) is 1.93. The molecule has 3 saturated heterocycles. The molecule has 48 heavy (non-hydrogen) atoms. The van der Waals surface area contributed by atoms with E-state index in [4.69, 9.17) is 27.7 Å². The number of hydrogen-bond donors (Lipinski definition) is 3. The first kappa shape index (κ1) is 30.4. The molecule has 4 heterocycles. The van der Waals surface area contributed by atoms with Gasteiger partial charge in [0.1, 0.15) is 5.75 Å². The molecule has 5 atom stereocenters. The molecule has 7 heteroatoms. The van der Waals surface area contributed by atoms with Gasteiger partial charge in [-0.1, -0.05) is 66.7 Å². The monoisotopic (exact) mass is 649 g/mol. The van der Waals surface area contributed by atoms with E-state index in [0.717, 1.165) is 85.8 Å². The molecule has 0 radical (unpaired) electrons. The van der Waals surface area contributed by atoms with E-state index in [9.17, 15) is 0 Å². The normalized spacial score (nSPS) is 20.9. The summed E-state index contributed by atoms with van der Waals surface area (Å²) >= 11 is 6.22. The lowest BCUT2D eigenvalue weighted by molar-refractivity contribution is 0.00443. The van der Waals surface area contributed by atoms with Crippen molar-refractivity contribution in [3.63, 3.8) is 0 Å². The van der Waals surface area contributed by atoms with Crippen LogP contribution in [0.15, 0.2) is 116 Å². The van der Waals surface area contributed by atoms with Gasteiger partial charge in [-0.3, -0.25) is 9.88 Å². The van der Waals surface area contributed by atoms with Gasteiger partial charge < -0.3 is 21.1 Å². The summed E-state index contributed by atoms with van der Waals surface area (Å²) in [5.41, 5.74) is 12.6. The van der Waals surface area contributed by atoms with Gasteiger partial charge in [0.15, 0.2) is 5.11 Å². The minimum Gasteiger partial charge on any atom is -0.497 e. The highest BCUT2D eigenvalue weighted by molar-refractivity contribution is 7.80. The Hall–Kier alpha value is -4.98. The fraction of sp³-hybridized carbons (Fsp3) is 0.220. The van der Waals surface area contributed by atoms with Crippen molar-refractivity contribution in [2.45, 2.75) is 24.9 Å². The number of fused-ring (bicyclic) bond motifs is 6. The lowest BCUT2D eigenvalue weighted by Gasteiger charge is -2.52. The summed E-state index contributed by atoms with van der Waals surface area (Å²) in [4.78, 5) is 7.32. The van der Waals surface area contributed by atoms with Crippen LogP contribution in [0.1, 0.15) is 24.4 Å². The van der Waals surface area contributed by atoms with E-state index in [1.54, 1.807) is 7.11 Å². The van der Waals surface area contributed by atoms with Crippen LogP contribution in [0, 0.1) is 11.8 Å². The lowest BCUT2D eigenvalue weighted by Crippen LogP contribution is -2.57. The number of methoxy groups -OCH3 is 1. The molecule has 9 rings (SSSR count). The van der Waals surface area contributed by atoms with Gasteiger partial charge in [0.2, 0.25) is 0 Å². The molecule has 4 N–H and O–H groups in total. The van der Waals surface area contributed by atoms with Crippen LogP contribution in [0.4, 0.5) is 11.4 Å². The van der Waals surface area contributed by atoms with Gasteiger partial charge >= 0.3 is 0 Å². The van der Waals surface area contributed by atoms with Crippen molar-refractivity contribution < 1.29 is 4.74 Å². The van der Waals surface area contributed by atoms with Gasteiger partial charge in [-0.25, -0.2) is 0 Å². The van der Waals surface area contributed by atoms with Crippen molar-refractivity contribution in [2.75, 3.05) is 31.2 Å². The molecule has 1 unspecified atom stereocenters. The number of benzene rings is 5. The average Bonchev–Trinajstić information content (AvgIpc) is 3.13. The fourth-order valence-electron chi connectivity index (χ4n) is 8.16. The number of aromatic nitrogens is 1. The second-order valence-corrected chi connectivity index (χ2v) is 13.5. The molecule has 3 fully saturated rings. The first-order chi connectivity index (χ1) is 23.5. The third-order valence-electron chi connectivity index (χ3n) is 10.5. The molecule has 1 aromatic heterocycles. The number of nitrogens with two attached hydrogens (primary N) is 1. The van der Waals surface area contributed by atoms with Gasteiger partial charge in [-0.05, 0) is 107 Å². The molecule has 3 aliphatic heterocycles. The lowest BCUT2D eigenvalue weighted by atomic mass is 9.73. The Labute approximate surface area is 286 Å². The Morgan fingerprint density at radius 1 is 0.958 bits per heavy atom. The third kappa shape index (κ3) is 5.33. The SMILES string of the molecule is C=C[C@H]1CN2CC[C@H]1C[C@H]2[C@@H](NC(=S)Nc1ccc2ccccc2c1-c1c(N)ccc2ccccc12)c1ccnc2ccc(OC)cc12. The van der Waals surface area contributed by atoms with Crippen LogP contribution >= 0.6 is 12.2 Å². The number of anilines is 2. The zero-order chi connectivity index (χ0) is 32.8. The van der Waals surface area contributed by atoms with Crippen LogP contribution < -0.4 is 21.1 Å². The van der Waals surface area contributed by atoms with E-state index in [0.29, 0.717) is 16.9 Å². The highest BCUT2D eigenvalue weighted by Gasteiger charge is 2.43. The van der Waals surface area contributed by atoms with Crippen molar-refractivity contribution in [2.24, 2.45) is 11.8 Å². The van der Waals surface area contributed by atoms with Crippen molar-refractivity contribution in [1.82, 2.24) is 15.2 Å². The number of hydrogen-bond acceptors (Lipinski definition) is 5. The predicted octanol–water partition coefficient (Wildman–Crippen LogP) is 8.72. The number of thiocarbonyl (C=S) groups is 1. The maximum atomic E-state index is 6.79. The number of rotatable bonds is 7. The second kappa shape index (κ2) is 12.6. The minimum absolute atomic E-state index is 0.0808. The molecule has 5 aromatic carbocycles. The molecule has 6 nitrogen and oxygen atoms in total. The molecule has 6 aromatic rings. The van der Waals surface area contributed by atoms with Crippen molar-refractivity contribution in [3.8, 4) is 16.9 Å². The van der Waals surface area contributed by atoms with Crippen molar-refractivity contribution in [1.29, 1.82) is 0 Å². The maximum Gasteiger partial charge on any atom is 0.171 e. The highest BCUT2D eigenvalue weighted by atomic mass is 32.1. The van der Waals surface area contributed by atoms with Crippen LogP contribution in [0.25, 0.3) is 43.6 Å². The maximum absolute atomic E-state index is 6.79. The van der Waals surface area contributed by atoms with Crippen LogP contribution in [0.2, 0.25) is 0 Å². The van der Waals surface area contributed by atoms with Gasteiger partial charge in [0.25, 0.3) is 0 Å². The predicted molar refractivity (Wildman–Crippen MR) is 203 cm³/mol. The zero-order valence-corrected chi connectivity index (χ0v) is 27.8. The summed E-state index contributed by atoms with van der Waals surface area (Å²) in [6.07, 6.45) is 6.32. The van der Waals surface area contributed by atoms with Crippen molar-refractivity contribution >= 4 is 61.2 Å². The number of nitrogens with zero attached hydrogens (tertiary/aromatic N) is 2. The van der Waals surface area contributed by atoms with Gasteiger partial charge in [-0.15, -0.1) is 6.58 Å². The number of nitrogen functional groups attached to an aromatic ring is 1. The summed E-state index contributed by atoms with van der Waals surface area (Å²) in [6.45, 7) is 6.24. The van der Waals surface area contributed by atoms with Gasteiger partial charge in [-0.2, -0.15) is 0 Å². The van der Waals surface area contributed by atoms with E-state index in [1.165, 1.54) is 6.42 Å². The summed E-state index contributed by atoms with van der Waals surface area (Å²) in [7, 11) is 1.71. The van der Waals surface area contributed by atoms with Crippen molar-refractivity contribution in [3.05, 3.63) is 121 Å². The zero-order valence-electron chi connectivity index (χ0n) is 27.0. The number of nitrogens with one attached hydrogen (secondary N) is 2. The Kier molecular flexibility index (Phi) is 7.95. The Morgan fingerprint density at radius 2 is 1.71 bits per heavy atom. The number of piperidine rings is 3. The molecule has 0 aliphatic carbocycles. The minimum atomic E-state index is -0.0808. The van der Waals surface area contributed by atoms with E-state index >= 15 is 0 Å². The Balaban J connectivity index is 1.22. The summed E-state index contributed by atoms with van der Waals surface area (Å²) < 4.78 is 5.65. The van der Waals surface area contributed by atoms with Crippen LogP contribution in [-0.4, -0.2) is 41.2 Å². The second-order valence-electron chi connectivity index (χ2n) is 13.1. The summed E-state index contributed by atoms with van der Waals surface area (Å²) in [5, 5.41) is 13.6. The summed E-state index contributed by atoms with van der Waals surface area (Å²) in [6, 6.07) is 33.6. The number of ether oxygens (including phenoxy) is 1. The molecule has 0 spiro atoms. The van der Waals surface area contributed by atoms with Crippen LogP contribution in [0.3, 0.4) is 0 Å². The molecule has 240 valence electrons. The Morgan fingerprint density at radius 3 is 2.44 bits per heavy atom. The van der Waals surface area contributed by atoms with Crippen LogP contribution in [0.5, 0.6) is 5.75 Å². The van der Waals surface area contributed by atoms with E-state index in [-0.39, 0.29) is 12.1 Å². The van der Waals surface area contributed by atoms with E-state index < -0.39 is 0 Å². The number of pyridine rings is 1. The van der Waals surface area contributed by atoms with E-state index in [1.807, 2.05) is 24.4 Å². The fourth-order valence-corrected chi connectivity index (χ4v) is 8.40. The molecule has 0 saturated carbocycles.